The Hall–Kier alpha value is -1.42. The molecule has 0 radical (unpaired) electrons. The lowest BCUT2D eigenvalue weighted by Crippen LogP contribution is -2.12. The molecule has 1 aromatic carbocycles. The van der Waals surface area contributed by atoms with Crippen LogP contribution in [0, 0.1) is 5.82 Å². The molecule has 4 heteroatoms. The van der Waals surface area contributed by atoms with Crippen LogP contribution < -0.4 is 5.73 Å². The zero-order chi connectivity index (χ0) is 11.2. The number of rotatable bonds is 1. The number of nitrogens with two attached hydrogens (primary N) is 1. The Bertz CT molecular complexity index is 431. The van der Waals surface area contributed by atoms with Crippen LogP contribution in [-0.2, 0) is 0 Å². The minimum atomic E-state index is -1.05. The lowest BCUT2D eigenvalue weighted by Gasteiger charge is -2.09. The second kappa shape index (κ2) is 3.31. The van der Waals surface area contributed by atoms with Gasteiger partial charge >= 0.3 is 5.97 Å². The van der Waals surface area contributed by atoms with E-state index in [-0.39, 0.29) is 23.3 Å². The van der Waals surface area contributed by atoms with Crippen molar-refractivity contribution in [3.05, 3.63) is 34.6 Å². The second-order valence-electron chi connectivity index (χ2n) is 3.97. The van der Waals surface area contributed by atoms with Gasteiger partial charge in [-0.05, 0) is 35.6 Å². The summed E-state index contributed by atoms with van der Waals surface area (Å²) in [4.78, 5) is 10.9. The molecular weight excluding hydrogens is 197 g/mol. The Labute approximate surface area is 86.7 Å². The summed E-state index contributed by atoms with van der Waals surface area (Å²) in [7, 11) is 0. The highest BCUT2D eigenvalue weighted by molar-refractivity contribution is 5.90. The fourth-order valence-corrected chi connectivity index (χ4v) is 2.31. The van der Waals surface area contributed by atoms with Crippen LogP contribution in [0.15, 0.2) is 12.1 Å². The highest BCUT2D eigenvalue weighted by Crippen LogP contribution is 2.41. The van der Waals surface area contributed by atoms with E-state index in [1.54, 1.807) is 0 Å². The molecule has 0 amide bonds. The minimum Gasteiger partial charge on any atom is -0.478 e. The molecule has 0 aliphatic heterocycles. The summed E-state index contributed by atoms with van der Waals surface area (Å²) in [5.74, 6) is -1.40. The third-order valence-electron chi connectivity index (χ3n) is 2.94. The van der Waals surface area contributed by atoms with E-state index in [0.29, 0.717) is 17.5 Å². The number of fused-ring (bicyclic) bond motifs is 1. The Morgan fingerprint density at radius 1 is 1.53 bits per heavy atom. The zero-order valence-corrected chi connectivity index (χ0v) is 8.33. The van der Waals surface area contributed by atoms with E-state index in [1.807, 2.05) is 6.92 Å². The standard InChI is InChI=1S/C11H12FNO2/c1-5-4-8(13)10-6(11(14)15)2-3-7(12)9(5)10/h2-3,5,8H,4,13H2,1H3,(H,14,15)/t5-,8+/m0/s1. The number of carboxylic acid groups (broad SMARTS) is 1. The predicted molar refractivity (Wildman–Crippen MR) is 53.3 cm³/mol. The first-order chi connectivity index (χ1) is 7.02. The van der Waals surface area contributed by atoms with Gasteiger partial charge in [-0.15, -0.1) is 0 Å². The molecule has 2 rings (SSSR count). The van der Waals surface area contributed by atoms with Crippen LogP contribution >= 0.6 is 0 Å². The molecule has 3 N–H and O–H groups in total. The quantitative estimate of drug-likeness (QED) is 0.743. The van der Waals surface area contributed by atoms with Crippen LogP contribution in [0.3, 0.4) is 0 Å². The molecule has 0 saturated heterocycles. The third kappa shape index (κ3) is 1.41. The third-order valence-corrected chi connectivity index (χ3v) is 2.94. The van der Waals surface area contributed by atoms with Crippen molar-refractivity contribution in [2.24, 2.45) is 5.73 Å². The van der Waals surface area contributed by atoms with E-state index in [2.05, 4.69) is 0 Å². The minimum absolute atomic E-state index is 0.00528. The average molecular weight is 209 g/mol. The molecule has 0 heterocycles. The monoisotopic (exact) mass is 209 g/mol. The lowest BCUT2D eigenvalue weighted by molar-refractivity contribution is 0.0695. The van der Waals surface area contributed by atoms with Crippen molar-refractivity contribution in [1.29, 1.82) is 0 Å². The van der Waals surface area contributed by atoms with Gasteiger partial charge in [0.25, 0.3) is 0 Å². The maximum absolute atomic E-state index is 13.5. The van der Waals surface area contributed by atoms with Crippen molar-refractivity contribution >= 4 is 5.97 Å². The van der Waals surface area contributed by atoms with Crippen molar-refractivity contribution < 1.29 is 14.3 Å². The molecule has 1 aliphatic carbocycles. The lowest BCUT2D eigenvalue weighted by atomic mass is 9.98. The van der Waals surface area contributed by atoms with Crippen molar-refractivity contribution in [3.63, 3.8) is 0 Å². The topological polar surface area (TPSA) is 63.3 Å². The van der Waals surface area contributed by atoms with Gasteiger partial charge < -0.3 is 10.8 Å². The molecule has 1 aromatic rings. The van der Waals surface area contributed by atoms with Crippen LogP contribution in [0.25, 0.3) is 0 Å². The van der Waals surface area contributed by atoms with Crippen LogP contribution in [0.4, 0.5) is 4.39 Å². The molecular formula is C11H12FNO2. The van der Waals surface area contributed by atoms with E-state index in [4.69, 9.17) is 10.8 Å². The Morgan fingerprint density at radius 3 is 2.80 bits per heavy atom. The van der Waals surface area contributed by atoms with E-state index >= 15 is 0 Å². The molecule has 0 fully saturated rings. The summed E-state index contributed by atoms with van der Waals surface area (Å²) in [5.41, 5.74) is 6.88. The van der Waals surface area contributed by atoms with Crippen LogP contribution in [0.1, 0.15) is 46.8 Å². The van der Waals surface area contributed by atoms with Crippen LogP contribution in [0.2, 0.25) is 0 Å². The highest BCUT2D eigenvalue weighted by atomic mass is 19.1. The molecule has 2 atom stereocenters. The average Bonchev–Trinajstić information content (AvgIpc) is 2.43. The summed E-state index contributed by atoms with van der Waals surface area (Å²) >= 11 is 0. The van der Waals surface area contributed by atoms with Gasteiger partial charge in [-0.2, -0.15) is 0 Å². The molecule has 0 aromatic heterocycles. The smallest absolute Gasteiger partial charge is 0.336 e. The largest absolute Gasteiger partial charge is 0.478 e. The normalized spacial score (nSPS) is 23.9. The fourth-order valence-electron chi connectivity index (χ4n) is 2.31. The maximum Gasteiger partial charge on any atom is 0.336 e. The first kappa shape index (κ1) is 10.1. The van der Waals surface area contributed by atoms with Crippen molar-refractivity contribution in [2.75, 3.05) is 0 Å². The van der Waals surface area contributed by atoms with E-state index in [9.17, 15) is 9.18 Å². The predicted octanol–water partition coefficient (Wildman–Crippen LogP) is 2.03. The number of carbonyl (C=O) groups is 1. The fraction of sp³-hybridized carbons (Fsp3) is 0.364. The number of aromatic carboxylic acids is 1. The van der Waals surface area contributed by atoms with Crippen molar-refractivity contribution in [2.45, 2.75) is 25.3 Å². The number of carboxylic acids is 1. The van der Waals surface area contributed by atoms with Crippen LogP contribution in [-0.4, -0.2) is 11.1 Å². The number of benzene rings is 1. The molecule has 3 nitrogen and oxygen atoms in total. The van der Waals surface area contributed by atoms with Gasteiger partial charge in [0.2, 0.25) is 0 Å². The van der Waals surface area contributed by atoms with Gasteiger partial charge in [-0.1, -0.05) is 6.92 Å². The summed E-state index contributed by atoms with van der Waals surface area (Å²) < 4.78 is 13.5. The van der Waals surface area contributed by atoms with E-state index in [0.717, 1.165) is 0 Å². The number of hydrogen-bond acceptors (Lipinski definition) is 2. The zero-order valence-electron chi connectivity index (χ0n) is 8.33. The van der Waals surface area contributed by atoms with E-state index in [1.165, 1.54) is 12.1 Å². The van der Waals surface area contributed by atoms with Gasteiger partial charge in [0, 0.05) is 6.04 Å². The Kier molecular flexibility index (Phi) is 2.23. The number of hydrogen-bond donors (Lipinski definition) is 2. The summed E-state index contributed by atoms with van der Waals surface area (Å²) in [6.07, 6.45) is 0.608. The van der Waals surface area contributed by atoms with Gasteiger partial charge in [-0.3, -0.25) is 0 Å². The van der Waals surface area contributed by atoms with Gasteiger partial charge in [0.15, 0.2) is 0 Å². The van der Waals surface area contributed by atoms with Crippen LogP contribution in [0.5, 0.6) is 0 Å². The highest BCUT2D eigenvalue weighted by Gasteiger charge is 2.32. The van der Waals surface area contributed by atoms with Gasteiger partial charge in [-0.25, -0.2) is 9.18 Å². The van der Waals surface area contributed by atoms with E-state index < -0.39 is 5.97 Å². The number of halogens is 1. The SMILES string of the molecule is C[C@H]1C[C@@H](N)c2c(C(=O)O)ccc(F)c21. The Morgan fingerprint density at radius 2 is 2.20 bits per heavy atom. The molecule has 0 spiro atoms. The summed E-state index contributed by atoms with van der Waals surface area (Å²) in [6.45, 7) is 1.86. The van der Waals surface area contributed by atoms with Crippen molar-refractivity contribution in [1.82, 2.24) is 0 Å². The van der Waals surface area contributed by atoms with Gasteiger partial charge in [0.05, 0.1) is 5.56 Å². The molecule has 0 unspecified atom stereocenters. The summed E-state index contributed by atoms with van der Waals surface area (Å²) in [6, 6.07) is 2.13. The van der Waals surface area contributed by atoms with Gasteiger partial charge in [0.1, 0.15) is 5.82 Å². The first-order valence-corrected chi connectivity index (χ1v) is 4.83. The molecule has 80 valence electrons. The summed E-state index contributed by atoms with van der Waals surface area (Å²) in [5, 5.41) is 8.97. The maximum atomic E-state index is 13.5. The molecule has 15 heavy (non-hydrogen) atoms. The Balaban J connectivity index is 2.70. The molecule has 0 bridgehead atoms. The molecule has 0 saturated carbocycles. The first-order valence-electron chi connectivity index (χ1n) is 4.83. The van der Waals surface area contributed by atoms with Crippen molar-refractivity contribution in [3.8, 4) is 0 Å². The second-order valence-corrected chi connectivity index (χ2v) is 3.97. The molecule has 1 aliphatic rings.